The van der Waals surface area contributed by atoms with Gasteiger partial charge in [-0.15, -0.1) is 0 Å². The number of halogens is 2. The zero-order chi connectivity index (χ0) is 24.7. The molecule has 7 nitrogen and oxygen atoms in total. The van der Waals surface area contributed by atoms with E-state index in [2.05, 4.69) is 15.3 Å². The van der Waals surface area contributed by atoms with Crippen LogP contribution >= 0.6 is 0 Å². The Hall–Kier alpha value is -3.88. The lowest BCUT2D eigenvalue weighted by molar-refractivity contribution is -0.119. The van der Waals surface area contributed by atoms with Crippen molar-refractivity contribution in [2.24, 2.45) is 5.92 Å². The van der Waals surface area contributed by atoms with Crippen LogP contribution in [0.15, 0.2) is 42.6 Å². The van der Waals surface area contributed by atoms with Crippen LogP contribution in [-0.2, 0) is 16.0 Å². The summed E-state index contributed by atoms with van der Waals surface area (Å²) in [4.78, 5) is 36.4. The molecule has 0 atom stereocenters. The van der Waals surface area contributed by atoms with Gasteiger partial charge in [-0.1, -0.05) is 12.1 Å². The molecule has 1 aliphatic heterocycles. The Morgan fingerprint density at radius 1 is 1.17 bits per heavy atom. The summed E-state index contributed by atoms with van der Waals surface area (Å²) >= 11 is 0. The quantitative estimate of drug-likeness (QED) is 0.548. The molecule has 1 aromatic heterocycles. The maximum atomic E-state index is 14.7. The number of nitrogens with zero attached hydrogens (tertiary/aromatic N) is 4. The first-order chi connectivity index (χ1) is 16.8. The molecular formula is C26H25F2N5O2. The summed E-state index contributed by atoms with van der Waals surface area (Å²) in [7, 11) is 1.59. The Kier molecular flexibility index (Phi) is 5.92. The fourth-order valence-electron chi connectivity index (χ4n) is 4.28. The third-order valence-electron chi connectivity index (χ3n) is 6.49. The lowest BCUT2D eigenvalue weighted by Gasteiger charge is -2.25. The minimum absolute atomic E-state index is 0.0592. The Balaban J connectivity index is 1.47. The van der Waals surface area contributed by atoms with Gasteiger partial charge in [-0.25, -0.2) is 13.8 Å². The van der Waals surface area contributed by atoms with Crippen LogP contribution in [0.3, 0.4) is 0 Å². The van der Waals surface area contributed by atoms with Gasteiger partial charge in [0.1, 0.15) is 28.8 Å². The number of aryl methyl sites for hydroxylation is 1. The highest BCUT2D eigenvalue weighted by atomic mass is 19.1. The van der Waals surface area contributed by atoms with E-state index in [1.54, 1.807) is 7.05 Å². The minimum atomic E-state index is -0.743. The Morgan fingerprint density at radius 2 is 1.91 bits per heavy atom. The molecule has 1 amide bonds. The van der Waals surface area contributed by atoms with E-state index in [9.17, 15) is 18.4 Å². The number of nitrogens with one attached hydrogen (secondary N) is 1. The summed E-state index contributed by atoms with van der Waals surface area (Å²) in [6, 6.07) is 9.31. The SMILES string of the molecule is Cc1cc(Nc2ncc3c(n2)N(c2c(F)cccc2F)CCC(=O)N3C)ccc1CC(=O)C1CC1. The van der Waals surface area contributed by atoms with Crippen LogP contribution in [0.1, 0.15) is 30.4 Å². The van der Waals surface area contributed by atoms with Gasteiger partial charge in [0.05, 0.1) is 6.20 Å². The number of carbonyl (C=O) groups excluding carboxylic acids is 2. The van der Waals surface area contributed by atoms with Crippen LogP contribution in [0.25, 0.3) is 0 Å². The average Bonchev–Trinajstić information content (AvgIpc) is 3.68. The molecular weight excluding hydrogens is 452 g/mol. The van der Waals surface area contributed by atoms with Crippen molar-refractivity contribution in [3.05, 3.63) is 65.4 Å². The molecule has 180 valence electrons. The summed E-state index contributed by atoms with van der Waals surface area (Å²) in [6.07, 6.45) is 3.93. The minimum Gasteiger partial charge on any atom is -0.324 e. The number of aromatic nitrogens is 2. The van der Waals surface area contributed by atoms with E-state index >= 15 is 0 Å². The predicted octanol–water partition coefficient (Wildman–Crippen LogP) is 4.83. The van der Waals surface area contributed by atoms with E-state index in [0.29, 0.717) is 17.8 Å². The number of fused-ring (bicyclic) bond motifs is 1. The normalized spacial score (nSPS) is 15.6. The number of para-hydroxylation sites is 1. The van der Waals surface area contributed by atoms with Gasteiger partial charge >= 0.3 is 0 Å². The van der Waals surface area contributed by atoms with Crippen molar-refractivity contribution >= 4 is 40.5 Å². The van der Waals surface area contributed by atoms with E-state index in [1.165, 1.54) is 34.2 Å². The number of amides is 1. The highest BCUT2D eigenvalue weighted by Crippen LogP contribution is 2.38. The van der Waals surface area contributed by atoms with Gasteiger partial charge in [-0.2, -0.15) is 4.98 Å². The number of rotatable bonds is 6. The van der Waals surface area contributed by atoms with Crippen molar-refractivity contribution in [2.75, 3.05) is 28.7 Å². The molecule has 5 rings (SSSR count). The first kappa shape index (κ1) is 22.9. The molecule has 0 radical (unpaired) electrons. The molecule has 1 aliphatic carbocycles. The summed E-state index contributed by atoms with van der Waals surface area (Å²) in [5.41, 5.74) is 2.76. The largest absolute Gasteiger partial charge is 0.324 e. The van der Waals surface area contributed by atoms with Gasteiger partial charge in [0.15, 0.2) is 5.82 Å². The molecule has 9 heteroatoms. The fraction of sp³-hybridized carbons (Fsp3) is 0.308. The summed E-state index contributed by atoms with van der Waals surface area (Å²) in [6.45, 7) is 2.01. The van der Waals surface area contributed by atoms with Gasteiger partial charge in [-0.05, 0) is 55.2 Å². The smallest absolute Gasteiger partial charge is 0.229 e. The van der Waals surface area contributed by atoms with Crippen LogP contribution in [0, 0.1) is 24.5 Å². The zero-order valence-corrected chi connectivity index (χ0v) is 19.5. The number of Topliss-reactive ketones (excluding diaryl/α,β-unsaturated/α-hetero) is 1. The van der Waals surface area contributed by atoms with Crippen molar-refractivity contribution < 1.29 is 18.4 Å². The van der Waals surface area contributed by atoms with Crippen LogP contribution in [-0.4, -0.2) is 35.3 Å². The standard InChI is InChI=1S/C26H25F2N5O2/c1-15-12-18(9-8-17(15)13-22(34)16-6-7-16)30-26-29-14-21-25(31-26)33(11-10-23(35)32(21)2)24-19(27)4-3-5-20(24)28/h3-5,8-9,12,14,16H,6-7,10-11,13H2,1-2H3,(H,29,30,31). The third kappa shape index (κ3) is 4.58. The second kappa shape index (κ2) is 9.05. The van der Waals surface area contributed by atoms with E-state index in [-0.39, 0.29) is 48.0 Å². The van der Waals surface area contributed by atoms with E-state index in [1.807, 2.05) is 25.1 Å². The number of hydrogen-bond donors (Lipinski definition) is 1. The predicted molar refractivity (Wildman–Crippen MR) is 129 cm³/mol. The van der Waals surface area contributed by atoms with Gasteiger partial charge < -0.3 is 15.1 Å². The zero-order valence-electron chi connectivity index (χ0n) is 19.5. The number of anilines is 5. The second-order valence-corrected chi connectivity index (χ2v) is 9.01. The number of carbonyl (C=O) groups is 2. The molecule has 0 spiro atoms. The van der Waals surface area contributed by atoms with Gasteiger partial charge in [-0.3, -0.25) is 9.59 Å². The van der Waals surface area contributed by atoms with Crippen molar-refractivity contribution in [2.45, 2.75) is 32.6 Å². The molecule has 1 saturated carbocycles. The average molecular weight is 478 g/mol. The van der Waals surface area contributed by atoms with Gasteiger partial charge in [0.2, 0.25) is 11.9 Å². The van der Waals surface area contributed by atoms with E-state index < -0.39 is 11.6 Å². The topological polar surface area (TPSA) is 78.4 Å². The van der Waals surface area contributed by atoms with E-state index in [4.69, 9.17) is 0 Å². The maximum Gasteiger partial charge on any atom is 0.229 e. The lowest BCUT2D eigenvalue weighted by Crippen LogP contribution is -2.25. The van der Waals surface area contributed by atoms with Crippen molar-refractivity contribution in [3.8, 4) is 0 Å². The summed E-state index contributed by atoms with van der Waals surface area (Å²) < 4.78 is 29.3. The molecule has 2 aromatic carbocycles. The van der Waals surface area contributed by atoms with Crippen LogP contribution < -0.4 is 15.1 Å². The molecule has 35 heavy (non-hydrogen) atoms. The molecule has 0 saturated heterocycles. The number of hydrogen-bond acceptors (Lipinski definition) is 6. The molecule has 2 aliphatic rings. The first-order valence-corrected chi connectivity index (χ1v) is 11.6. The molecule has 3 aromatic rings. The van der Waals surface area contributed by atoms with Crippen LogP contribution in [0.4, 0.5) is 37.6 Å². The number of ketones is 1. The number of benzene rings is 2. The van der Waals surface area contributed by atoms with E-state index in [0.717, 1.165) is 24.0 Å². The highest BCUT2D eigenvalue weighted by Gasteiger charge is 2.31. The van der Waals surface area contributed by atoms with Gasteiger partial charge in [0, 0.05) is 38.0 Å². The molecule has 0 bridgehead atoms. The van der Waals surface area contributed by atoms with Crippen LogP contribution in [0.2, 0.25) is 0 Å². The lowest BCUT2D eigenvalue weighted by atomic mass is 10.0. The molecule has 1 fully saturated rings. The van der Waals surface area contributed by atoms with Crippen molar-refractivity contribution in [1.82, 2.24) is 9.97 Å². The Morgan fingerprint density at radius 3 is 2.60 bits per heavy atom. The maximum absolute atomic E-state index is 14.7. The Bertz CT molecular complexity index is 1300. The summed E-state index contributed by atoms with van der Waals surface area (Å²) in [5, 5.41) is 3.13. The molecule has 1 N–H and O–H groups in total. The first-order valence-electron chi connectivity index (χ1n) is 11.6. The Labute approximate surface area is 201 Å². The second-order valence-electron chi connectivity index (χ2n) is 9.01. The van der Waals surface area contributed by atoms with Crippen LogP contribution in [0.5, 0.6) is 0 Å². The van der Waals surface area contributed by atoms with Gasteiger partial charge in [0.25, 0.3) is 0 Å². The fourth-order valence-corrected chi connectivity index (χ4v) is 4.28. The molecule has 2 heterocycles. The monoisotopic (exact) mass is 477 g/mol. The highest BCUT2D eigenvalue weighted by molar-refractivity contribution is 5.98. The third-order valence-corrected chi connectivity index (χ3v) is 6.49. The summed E-state index contributed by atoms with van der Waals surface area (Å²) in [5.74, 6) is -0.755. The van der Waals surface area contributed by atoms with Crippen molar-refractivity contribution in [3.63, 3.8) is 0 Å². The molecule has 0 unspecified atom stereocenters. The van der Waals surface area contributed by atoms with Crippen molar-refractivity contribution in [1.29, 1.82) is 0 Å².